The molecule has 0 aromatic heterocycles. The van der Waals surface area contributed by atoms with Crippen LogP contribution in [0.5, 0.6) is 0 Å². The summed E-state index contributed by atoms with van der Waals surface area (Å²) in [6.07, 6.45) is 1.25. The largest absolute Gasteiger partial charge is 0.227 e. The molecule has 0 saturated carbocycles. The van der Waals surface area contributed by atoms with E-state index in [4.69, 9.17) is 0 Å². The summed E-state index contributed by atoms with van der Waals surface area (Å²) in [6, 6.07) is 0. The predicted molar refractivity (Wildman–Crippen MR) is 37.5 cm³/mol. The molecule has 0 fully saturated rings. The van der Waals surface area contributed by atoms with Crippen molar-refractivity contribution in [2.24, 2.45) is 0 Å². The topological polar surface area (TPSA) is 0 Å². The van der Waals surface area contributed by atoms with E-state index in [1.165, 1.54) is 18.4 Å². The molecule has 46 valence electrons. The van der Waals surface area contributed by atoms with Crippen molar-refractivity contribution < 1.29 is 4.39 Å². The standard InChI is InChI=1S/C6H9FS/c1-4-6(3,7)8-5-2/h4-5H,1-2H2,3H3. The van der Waals surface area contributed by atoms with Crippen LogP contribution >= 0.6 is 11.8 Å². The summed E-state index contributed by atoms with van der Waals surface area (Å²) in [4.78, 5) is 0. The minimum absolute atomic E-state index is 1.01. The average Bonchev–Trinajstić information content (AvgIpc) is 1.67. The van der Waals surface area contributed by atoms with Gasteiger partial charge in [-0.25, -0.2) is 4.39 Å². The van der Waals surface area contributed by atoms with E-state index in [-0.39, 0.29) is 0 Å². The normalized spacial score (nSPS) is 16.8. The van der Waals surface area contributed by atoms with Crippen LogP contribution in [0.4, 0.5) is 4.39 Å². The van der Waals surface area contributed by atoms with Gasteiger partial charge < -0.3 is 0 Å². The number of hydrogen-bond acceptors (Lipinski definition) is 1. The number of alkyl halides is 1. The molecule has 0 aliphatic heterocycles. The number of hydrogen-bond donors (Lipinski definition) is 0. The Morgan fingerprint density at radius 1 is 1.62 bits per heavy atom. The molecule has 0 aromatic carbocycles. The Bertz CT molecular complexity index is 96.7. The van der Waals surface area contributed by atoms with Crippen molar-refractivity contribution in [3.63, 3.8) is 0 Å². The van der Waals surface area contributed by atoms with Gasteiger partial charge in [-0.3, -0.25) is 0 Å². The fraction of sp³-hybridized carbons (Fsp3) is 0.333. The first-order valence-corrected chi connectivity index (χ1v) is 3.11. The fourth-order valence-corrected chi connectivity index (χ4v) is 0.633. The number of halogens is 1. The summed E-state index contributed by atoms with van der Waals surface area (Å²) in [7, 11) is 0. The van der Waals surface area contributed by atoms with Gasteiger partial charge in [0.15, 0.2) is 5.00 Å². The maximum absolute atomic E-state index is 12.6. The van der Waals surface area contributed by atoms with E-state index in [9.17, 15) is 4.39 Å². The molecular weight excluding hydrogens is 123 g/mol. The van der Waals surface area contributed by atoms with Crippen LogP contribution in [-0.2, 0) is 0 Å². The molecule has 0 nitrogen and oxygen atoms in total. The van der Waals surface area contributed by atoms with Gasteiger partial charge in [0.25, 0.3) is 0 Å². The molecule has 0 aliphatic rings. The van der Waals surface area contributed by atoms with Crippen LogP contribution in [0.25, 0.3) is 0 Å². The zero-order valence-corrected chi connectivity index (χ0v) is 5.67. The van der Waals surface area contributed by atoms with Crippen molar-refractivity contribution >= 4 is 11.8 Å². The highest BCUT2D eigenvalue weighted by Gasteiger charge is 2.15. The highest BCUT2D eigenvalue weighted by Crippen LogP contribution is 2.27. The van der Waals surface area contributed by atoms with Crippen molar-refractivity contribution in [1.29, 1.82) is 0 Å². The highest BCUT2D eigenvalue weighted by molar-refractivity contribution is 8.03. The Hall–Kier alpha value is -0.240. The Balaban J connectivity index is 3.70. The second-order valence-electron chi connectivity index (χ2n) is 1.47. The second-order valence-corrected chi connectivity index (χ2v) is 2.84. The third-order valence-corrected chi connectivity index (χ3v) is 1.47. The Morgan fingerprint density at radius 3 is 2.25 bits per heavy atom. The molecule has 0 bridgehead atoms. The number of rotatable bonds is 3. The summed E-state index contributed by atoms with van der Waals surface area (Å²) in [5.41, 5.74) is 0. The summed E-state index contributed by atoms with van der Waals surface area (Å²) < 4.78 is 12.6. The molecule has 2 heteroatoms. The summed E-state index contributed by atoms with van der Waals surface area (Å²) in [5, 5.41) is 0.115. The summed E-state index contributed by atoms with van der Waals surface area (Å²) in [5.74, 6) is 0. The molecule has 0 rings (SSSR count). The van der Waals surface area contributed by atoms with E-state index in [1.54, 1.807) is 0 Å². The smallest absolute Gasteiger partial charge is 0.175 e. The van der Waals surface area contributed by atoms with Gasteiger partial charge in [0, 0.05) is 0 Å². The van der Waals surface area contributed by atoms with Crippen molar-refractivity contribution in [1.82, 2.24) is 0 Å². The maximum Gasteiger partial charge on any atom is 0.175 e. The second kappa shape index (κ2) is 2.92. The molecule has 0 aliphatic carbocycles. The van der Waals surface area contributed by atoms with Gasteiger partial charge >= 0.3 is 0 Å². The van der Waals surface area contributed by atoms with E-state index in [1.807, 2.05) is 0 Å². The zero-order chi connectivity index (χ0) is 6.62. The minimum atomic E-state index is -1.35. The van der Waals surface area contributed by atoms with E-state index < -0.39 is 5.00 Å². The van der Waals surface area contributed by atoms with Gasteiger partial charge in [0.05, 0.1) is 0 Å². The van der Waals surface area contributed by atoms with Crippen LogP contribution < -0.4 is 0 Å². The van der Waals surface area contributed by atoms with Gasteiger partial charge in [-0.2, -0.15) is 0 Å². The summed E-state index contributed by atoms with van der Waals surface area (Å²) >= 11 is 1.01. The lowest BCUT2D eigenvalue weighted by atomic mass is 10.4. The average molecular weight is 132 g/mol. The van der Waals surface area contributed by atoms with Crippen molar-refractivity contribution in [3.8, 4) is 0 Å². The van der Waals surface area contributed by atoms with Gasteiger partial charge in [-0.15, -0.1) is 0 Å². The fourth-order valence-electron chi connectivity index (χ4n) is 0.211. The third-order valence-electron chi connectivity index (χ3n) is 0.678. The SMILES string of the molecule is C=CSC(C)(F)C=C. The molecule has 1 atom stereocenters. The molecule has 0 heterocycles. The van der Waals surface area contributed by atoms with Crippen molar-refractivity contribution in [2.75, 3.05) is 0 Å². The van der Waals surface area contributed by atoms with E-state index in [2.05, 4.69) is 13.2 Å². The highest BCUT2D eigenvalue weighted by atomic mass is 32.2. The molecule has 0 N–H and O–H groups in total. The first kappa shape index (κ1) is 7.76. The van der Waals surface area contributed by atoms with Gasteiger partial charge in [0.2, 0.25) is 0 Å². The zero-order valence-electron chi connectivity index (χ0n) is 4.86. The van der Waals surface area contributed by atoms with Crippen LogP contribution in [0.2, 0.25) is 0 Å². The lowest BCUT2D eigenvalue weighted by molar-refractivity contribution is 0.388. The van der Waals surface area contributed by atoms with Crippen LogP contribution in [0.15, 0.2) is 24.6 Å². The van der Waals surface area contributed by atoms with E-state index >= 15 is 0 Å². The Morgan fingerprint density at radius 2 is 2.12 bits per heavy atom. The molecule has 0 amide bonds. The van der Waals surface area contributed by atoms with Crippen LogP contribution in [0.3, 0.4) is 0 Å². The quantitative estimate of drug-likeness (QED) is 0.532. The van der Waals surface area contributed by atoms with Crippen LogP contribution in [0, 0.1) is 0 Å². The third kappa shape index (κ3) is 2.86. The molecule has 1 unspecified atom stereocenters. The van der Waals surface area contributed by atoms with Gasteiger partial charge in [-0.1, -0.05) is 24.9 Å². The molecular formula is C6H9FS. The van der Waals surface area contributed by atoms with Crippen molar-refractivity contribution in [3.05, 3.63) is 24.6 Å². The maximum atomic E-state index is 12.6. The Labute approximate surface area is 53.5 Å². The molecule has 8 heavy (non-hydrogen) atoms. The number of thioether (sulfide) groups is 1. The lowest BCUT2D eigenvalue weighted by Crippen LogP contribution is -2.04. The predicted octanol–water partition coefficient (Wildman–Crippen LogP) is 2.73. The minimum Gasteiger partial charge on any atom is -0.227 e. The van der Waals surface area contributed by atoms with Gasteiger partial charge in [0.1, 0.15) is 0 Å². The first-order valence-electron chi connectivity index (χ1n) is 2.23. The van der Waals surface area contributed by atoms with Crippen molar-refractivity contribution in [2.45, 2.75) is 11.9 Å². The van der Waals surface area contributed by atoms with E-state index in [0.717, 1.165) is 11.8 Å². The Kier molecular flexibility index (Phi) is 2.84. The molecule has 0 saturated heterocycles. The van der Waals surface area contributed by atoms with Crippen LogP contribution in [0.1, 0.15) is 6.92 Å². The molecule has 0 aromatic rings. The van der Waals surface area contributed by atoms with Crippen LogP contribution in [-0.4, -0.2) is 5.00 Å². The molecule has 0 radical (unpaired) electrons. The lowest BCUT2D eigenvalue weighted by Gasteiger charge is -2.09. The monoisotopic (exact) mass is 132 g/mol. The first-order chi connectivity index (χ1) is 3.62. The summed E-state index contributed by atoms with van der Waals surface area (Å²) in [6.45, 7) is 8.11. The molecule has 0 spiro atoms. The van der Waals surface area contributed by atoms with Gasteiger partial charge in [-0.05, 0) is 18.4 Å². The van der Waals surface area contributed by atoms with E-state index in [0.29, 0.717) is 0 Å².